The summed E-state index contributed by atoms with van der Waals surface area (Å²) in [5, 5.41) is 0.457. The number of hydrogen-bond donors (Lipinski definition) is 0. The van der Waals surface area contributed by atoms with Gasteiger partial charge in [0.2, 0.25) is 5.55 Å². The quantitative estimate of drug-likeness (QED) is 0.500. The van der Waals surface area contributed by atoms with E-state index in [0.717, 1.165) is 23.4 Å². The fourth-order valence-electron chi connectivity index (χ4n) is 4.16. The molecule has 0 spiro atoms. The third-order valence-corrected chi connectivity index (χ3v) is 5.82. The van der Waals surface area contributed by atoms with Gasteiger partial charge in [-0.05, 0) is 44.6 Å². The lowest BCUT2D eigenvalue weighted by molar-refractivity contribution is -0.702. The van der Waals surface area contributed by atoms with Crippen molar-refractivity contribution in [3.05, 3.63) is 75.4 Å². The van der Waals surface area contributed by atoms with E-state index in [9.17, 15) is 4.79 Å². The van der Waals surface area contributed by atoms with Gasteiger partial charge in [0.15, 0.2) is 6.54 Å². The Labute approximate surface area is 197 Å². The topological polar surface area (TPSA) is 73.9 Å². The summed E-state index contributed by atoms with van der Waals surface area (Å²) in [6.45, 7) is 8.06. The number of oxazole rings is 2. The average molecular weight is 465 g/mol. The molecule has 3 heterocycles. The first-order valence-electron chi connectivity index (χ1n) is 11.4. The van der Waals surface area contributed by atoms with Crippen LogP contribution in [0.3, 0.4) is 0 Å². The van der Waals surface area contributed by atoms with Crippen molar-refractivity contribution < 1.29 is 22.9 Å². The summed E-state index contributed by atoms with van der Waals surface area (Å²) in [4.78, 5) is 15.0. The van der Waals surface area contributed by atoms with Crippen LogP contribution < -0.4 is 35.5 Å². The molecule has 3 aromatic rings. The van der Waals surface area contributed by atoms with Crippen LogP contribution in [0.25, 0.3) is 17.7 Å². The first-order valence-corrected chi connectivity index (χ1v) is 11.4. The number of benzene rings is 1. The molecule has 0 fully saturated rings. The van der Waals surface area contributed by atoms with Crippen LogP contribution in [0.1, 0.15) is 32.2 Å². The average Bonchev–Trinajstić information content (AvgIpc) is 3.37. The Morgan fingerprint density at radius 3 is 2.50 bits per heavy atom. The van der Waals surface area contributed by atoms with Crippen LogP contribution in [0.5, 0.6) is 11.8 Å². The van der Waals surface area contributed by atoms with E-state index in [1.807, 2.05) is 42.7 Å². The lowest BCUT2D eigenvalue weighted by Gasteiger charge is -2.26. The SMILES string of the molecule is CCN1C=CC(=CC=c2c(=O)oc(=Cc3oc(OC)c(OC)[n+]3CC)n2CC)c2ccccc21. The summed E-state index contributed by atoms with van der Waals surface area (Å²) < 4.78 is 25.7. The summed E-state index contributed by atoms with van der Waals surface area (Å²) in [6.07, 6.45) is 9.56. The molecule has 8 nitrogen and oxygen atoms in total. The van der Waals surface area contributed by atoms with E-state index in [-0.39, 0.29) is 5.95 Å². The van der Waals surface area contributed by atoms with E-state index in [1.165, 1.54) is 7.11 Å². The highest BCUT2D eigenvalue weighted by molar-refractivity contribution is 5.88. The Bertz CT molecular complexity index is 1420. The molecule has 4 rings (SSSR count). The first-order chi connectivity index (χ1) is 16.6. The van der Waals surface area contributed by atoms with Gasteiger partial charge in [0, 0.05) is 30.5 Å². The molecule has 0 atom stereocenters. The number of hydrogen-bond acceptors (Lipinski definition) is 6. The minimum Gasteiger partial charge on any atom is -0.461 e. The summed E-state index contributed by atoms with van der Waals surface area (Å²) in [6, 6.07) is 8.23. The van der Waals surface area contributed by atoms with Crippen LogP contribution in [0.15, 0.2) is 56.2 Å². The van der Waals surface area contributed by atoms with E-state index in [2.05, 4.69) is 36.2 Å². The summed E-state index contributed by atoms with van der Waals surface area (Å²) in [5.74, 6) is 1.18. The molecule has 1 aliphatic rings. The van der Waals surface area contributed by atoms with E-state index < -0.39 is 5.63 Å². The second-order valence-electron chi connectivity index (χ2n) is 7.59. The fraction of sp³-hybridized carbons (Fsp3) is 0.308. The van der Waals surface area contributed by atoms with Gasteiger partial charge >= 0.3 is 23.3 Å². The maximum Gasteiger partial charge on any atom is 0.454 e. The highest BCUT2D eigenvalue weighted by Crippen LogP contribution is 2.32. The van der Waals surface area contributed by atoms with Gasteiger partial charge in [-0.25, -0.2) is 4.79 Å². The smallest absolute Gasteiger partial charge is 0.454 e. The van der Waals surface area contributed by atoms with Crippen molar-refractivity contribution in [2.75, 3.05) is 25.7 Å². The number of anilines is 1. The Hall–Kier alpha value is -3.94. The number of nitrogens with zero attached hydrogens (tertiary/aromatic N) is 3. The summed E-state index contributed by atoms with van der Waals surface area (Å²) in [7, 11) is 3.06. The molecule has 8 heteroatoms. The van der Waals surface area contributed by atoms with Crippen molar-refractivity contribution in [1.29, 1.82) is 0 Å². The number of ether oxygens (including phenoxy) is 2. The number of allylic oxidation sites excluding steroid dienone is 3. The predicted octanol–water partition coefficient (Wildman–Crippen LogP) is 2.43. The van der Waals surface area contributed by atoms with Crippen molar-refractivity contribution in [2.24, 2.45) is 0 Å². The Balaban J connectivity index is 1.84. The Morgan fingerprint density at radius 1 is 1.03 bits per heavy atom. The normalized spacial score (nSPS) is 15.3. The zero-order chi connectivity index (χ0) is 24.2. The van der Waals surface area contributed by atoms with Crippen molar-refractivity contribution in [2.45, 2.75) is 33.9 Å². The molecule has 0 saturated heterocycles. The van der Waals surface area contributed by atoms with Gasteiger partial charge in [0.1, 0.15) is 11.4 Å². The maximum atomic E-state index is 12.8. The van der Waals surface area contributed by atoms with Crippen LogP contribution >= 0.6 is 0 Å². The highest BCUT2D eigenvalue weighted by Gasteiger charge is 2.29. The number of rotatable bonds is 7. The summed E-state index contributed by atoms with van der Waals surface area (Å²) in [5.41, 5.74) is 3.26. The lowest BCUT2D eigenvalue weighted by Crippen LogP contribution is -2.36. The van der Waals surface area contributed by atoms with Crippen molar-refractivity contribution in [3.63, 3.8) is 0 Å². The van der Waals surface area contributed by atoms with Gasteiger partial charge in [-0.2, -0.15) is 0 Å². The van der Waals surface area contributed by atoms with Crippen molar-refractivity contribution in [1.82, 2.24) is 4.57 Å². The Morgan fingerprint density at radius 2 is 1.82 bits per heavy atom. The molecule has 0 aliphatic carbocycles. The van der Waals surface area contributed by atoms with Gasteiger partial charge in [0.25, 0.3) is 0 Å². The lowest BCUT2D eigenvalue weighted by atomic mass is 9.99. The second kappa shape index (κ2) is 9.91. The van der Waals surface area contributed by atoms with E-state index in [4.69, 9.17) is 18.3 Å². The minimum absolute atomic E-state index is 0.257. The minimum atomic E-state index is -0.415. The molecular formula is C26H30N3O5+. The van der Waals surface area contributed by atoms with Gasteiger partial charge < -0.3 is 27.8 Å². The molecule has 1 aliphatic heterocycles. The molecular weight excluding hydrogens is 434 g/mol. The molecule has 0 N–H and O–H groups in total. The van der Waals surface area contributed by atoms with Gasteiger partial charge in [-0.3, -0.25) is 0 Å². The van der Waals surface area contributed by atoms with Crippen molar-refractivity contribution >= 4 is 23.4 Å². The van der Waals surface area contributed by atoms with Crippen LogP contribution in [-0.4, -0.2) is 25.3 Å². The molecule has 178 valence electrons. The van der Waals surface area contributed by atoms with Gasteiger partial charge in [0.05, 0.1) is 14.2 Å². The standard InChI is InChI=1S/C26H30N3O5/c1-6-27-16-15-18(19-11-9-10-12-20(19)27)13-14-21-25(30)33-22(28(21)7-2)17-23-29(8-3)24(31-4)26(32-5)34-23/h9-17H,6-8H2,1-5H3/q+1. The summed E-state index contributed by atoms with van der Waals surface area (Å²) >= 11 is 0. The monoisotopic (exact) mass is 464 g/mol. The van der Waals surface area contributed by atoms with Crippen molar-refractivity contribution in [3.8, 4) is 11.8 Å². The van der Waals surface area contributed by atoms with E-state index >= 15 is 0 Å². The van der Waals surface area contributed by atoms with Crippen LogP contribution in [0.4, 0.5) is 5.69 Å². The largest absolute Gasteiger partial charge is 0.461 e. The third kappa shape index (κ3) is 4.07. The second-order valence-corrected chi connectivity index (χ2v) is 7.59. The van der Waals surface area contributed by atoms with Gasteiger partial charge in [-0.1, -0.05) is 24.3 Å². The maximum absolute atomic E-state index is 12.8. The number of methoxy groups -OCH3 is 2. The molecule has 0 saturated carbocycles. The number of aromatic nitrogens is 2. The number of fused-ring (bicyclic) bond motifs is 1. The molecule has 34 heavy (non-hydrogen) atoms. The van der Waals surface area contributed by atoms with Crippen LogP contribution in [-0.2, 0) is 13.1 Å². The first kappa shape index (κ1) is 23.2. The molecule has 2 aromatic heterocycles. The number of para-hydroxylation sites is 1. The van der Waals surface area contributed by atoms with Gasteiger partial charge in [-0.15, -0.1) is 4.57 Å². The van der Waals surface area contributed by atoms with Crippen LogP contribution in [0, 0.1) is 0 Å². The molecule has 1 aromatic carbocycles. The highest BCUT2D eigenvalue weighted by atomic mass is 16.6. The third-order valence-electron chi connectivity index (χ3n) is 5.82. The molecule has 0 amide bonds. The molecule has 0 radical (unpaired) electrons. The van der Waals surface area contributed by atoms with Crippen LogP contribution in [0.2, 0.25) is 0 Å². The zero-order valence-electron chi connectivity index (χ0n) is 20.2. The molecule has 0 bridgehead atoms. The van der Waals surface area contributed by atoms with E-state index in [0.29, 0.717) is 35.8 Å². The zero-order valence-corrected chi connectivity index (χ0v) is 20.2. The fourth-order valence-corrected chi connectivity index (χ4v) is 4.16. The Kier molecular flexibility index (Phi) is 6.77. The predicted molar refractivity (Wildman–Crippen MR) is 130 cm³/mol. The van der Waals surface area contributed by atoms with E-state index in [1.54, 1.807) is 17.8 Å². The molecule has 0 unspecified atom stereocenters.